The van der Waals surface area contributed by atoms with Gasteiger partial charge in [0, 0.05) is 0 Å². The van der Waals surface area contributed by atoms with E-state index in [9.17, 15) is 8.42 Å². The van der Waals surface area contributed by atoms with Crippen molar-refractivity contribution in [2.24, 2.45) is 4.40 Å². The van der Waals surface area contributed by atoms with Crippen molar-refractivity contribution in [3.05, 3.63) is 17.5 Å². The molecule has 2 rings (SSSR count). The first-order valence-electron chi connectivity index (χ1n) is 3.32. The van der Waals surface area contributed by atoms with Crippen molar-refractivity contribution in [3.63, 3.8) is 0 Å². The lowest BCUT2D eigenvalue weighted by Crippen LogP contribution is -1.90. The van der Waals surface area contributed by atoms with Crippen LogP contribution in [0.3, 0.4) is 0 Å². The maximum atomic E-state index is 11.0. The van der Waals surface area contributed by atoms with Gasteiger partial charge in [0.15, 0.2) is 0 Å². The summed E-state index contributed by atoms with van der Waals surface area (Å²) < 4.78 is 27.2. The smallest absolute Gasteiger partial charge is 0.204 e. The average molecular weight is 251 g/mol. The molecule has 0 aromatic carbocycles. The third kappa shape index (κ3) is 2.49. The number of thioether (sulfide) groups is 2. The van der Waals surface area contributed by atoms with Gasteiger partial charge in [0.1, 0.15) is 9.46 Å². The van der Waals surface area contributed by atoms with Gasteiger partial charge in [-0.25, -0.2) is 8.42 Å². The van der Waals surface area contributed by atoms with Crippen LogP contribution in [0.4, 0.5) is 0 Å². The van der Waals surface area contributed by atoms with E-state index in [1.54, 1.807) is 11.3 Å². The number of rotatable bonds is 1. The van der Waals surface area contributed by atoms with Crippen LogP contribution in [0, 0.1) is 0 Å². The largest absolute Gasteiger partial charge is 0.264 e. The number of sulfonamides is 1. The van der Waals surface area contributed by atoms with Crippen molar-refractivity contribution >= 4 is 49.3 Å². The topological polar surface area (TPSA) is 46.5 Å². The number of hydrogen-bond acceptors (Lipinski definition) is 5. The molecule has 1 aromatic heterocycles. The van der Waals surface area contributed by atoms with Crippen LogP contribution in [0.25, 0.3) is 0 Å². The van der Waals surface area contributed by atoms with Crippen LogP contribution in [0.1, 0.15) is 0 Å². The zero-order chi connectivity index (χ0) is 9.31. The van der Waals surface area contributed by atoms with E-state index in [0.29, 0.717) is 4.38 Å². The van der Waals surface area contributed by atoms with Crippen LogP contribution in [-0.2, 0) is 10.0 Å². The van der Waals surface area contributed by atoms with Gasteiger partial charge in [0.2, 0.25) is 0 Å². The summed E-state index contributed by atoms with van der Waals surface area (Å²) in [4.78, 5) is 0. The summed E-state index contributed by atoms with van der Waals surface area (Å²) in [6.45, 7) is 0. The first kappa shape index (κ1) is 9.57. The van der Waals surface area contributed by atoms with Gasteiger partial charge in [0.05, 0.1) is 4.21 Å². The molecule has 13 heavy (non-hydrogen) atoms. The Morgan fingerprint density at radius 3 is 2.92 bits per heavy atom. The second-order valence-electron chi connectivity index (χ2n) is 2.24. The van der Waals surface area contributed by atoms with Crippen LogP contribution in [0.2, 0.25) is 0 Å². The van der Waals surface area contributed by atoms with E-state index in [0.717, 1.165) is 4.21 Å². The molecule has 1 aromatic rings. The molecule has 0 spiro atoms. The molecule has 0 saturated carbocycles. The second kappa shape index (κ2) is 3.64. The summed E-state index contributed by atoms with van der Waals surface area (Å²) >= 11 is 4.28. The Kier molecular flexibility index (Phi) is 2.68. The molecule has 7 heteroatoms. The van der Waals surface area contributed by atoms with E-state index in [2.05, 4.69) is 4.40 Å². The van der Waals surface area contributed by atoms with Crippen LogP contribution < -0.4 is 0 Å². The molecule has 2 heterocycles. The van der Waals surface area contributed by atoms with E-state index >= 15 is 0 Å². The average Bonchev–Trinajstić information content (AvgIpc) is 2.61. The van der Waals surface area contributed by atoms with Gasteiger partial charge in [-0.1, -0.05) is 29.6 Å². The van der Waals surface area contributed by atoms with Gasteiger partial charge >= 0.3 is 0 Å². The Hall–Kier alpha value is 0.0200. The summed E-state index contributed by atoms with van der Waals surface area (Å²) in [5.74, 6) is 0. The minimum Gasteiger partial charge on any atom is -0.204 e. The highest BCUT2D eigenvalue weighted by Gasteiger charge is 2.21. The van der Waals surface area contributed by atoms with Crippen LogP contribution >= 0.6 is 34.9 Å². The normalized spacial score (nSPS) is 20.2. The zero-order valence-corrected chi connectivity index (χ0v) is 9.60. The number of hydrogen-bond donors (Lipinski definition) is 0. The quantitative estimate of drug-likeness (QED) is 0.768. The first-order valence-corrected chi connectivity index (χ1v) is 7.62. The fourth-order valence-electron chi connectivity index (χ4n) is 0.747. The molecule has 70 valence electrons. The standard InChI is InChI=1S/C6H5NO2S4/c8-13(9)4-11-6(7-13)12-5-2-1-3-10-5/h1-3H,4H2. The van der Waals surface area contributed by atoms with Crippen LogP contribution in [0.5, 0.6) is 0 Å². The van der Waals surface area contributed by atoms with Gasteiger partial charge in [-0.2, -0.15) is 0 Å². The fraction of sp³-hybridized carbons (Fsp3) is 0.167. The molecule has 0 bridgehead atoms. The molecule has 0 radical (unpaired) electrons. The third-order valence-corrected chi connectivity index (χ3v) is 6.33. The molecule has 0 atom stereocenters. The van der Waals surface area contributed by atoms with E-state index in [4.69, 9.17) is 0 Å². The minimum absolute atomic E-state index is 0.0840. The van der Waals surface area contributed by atoms with Crippen molar-refractivity contribution in [1.29, 1.82) is 0 Å². The lowest BCUT2D eigenvalue weighted by atomic mass is 10.7. The van der Waals surface area contributed by atoms with E-state index in [1.807, 2.05) is 17.5 Å². The van der Waals surface area contributed by atoms with E-state index in [1.165, 1.54) is 23.5 Å². The predicted molar refractivity (Wildman–Crippen MR) is 59.0 cm³/mol. The Labute approximate surface area is 88.7 Å². The summed E-state index contributed by atoms with van der Waals surface area (Å²) in [5.41, 5.74) is 0. The molecule has 0 fully saturated rings. The van der Waals surface area contributed by atoms with Crippen LogP contribution in [0.15, 0.2) is 26.1 Å². The first-order chi connectivity index (χ1) is 6.16. The third-order valence-electron chi connectivity index (χ3n) is 1.23. The van der Waals surface area contributed by atoms with Gasteiger partial charge in [-0.05, 0) is 11.4 Å². The van der Waals surface area contributed by atoms with Gasteiger partial charge in [0.25, 0.3) is 10.0 Å². The number of nitrogens with zero attached hydrogens (tertiary/aromatic N) is 1. The maximum absolute atomic E-state index is 11.0. The predicted octanol–water partition coefficient (Wildman–Crippen LogP) is 2.23. The molecular formula is C6H5NO2S4. The van der Waals surface area contributed by atoms with Gasteiger partial charge in [-0.15, -0.1) is 15.7 Å². The highest BCUT2D eigenvalue weighted by molar-refractivity contribution is 8.43. The number of thiophene rings is 1. The summed E-state index contributed by atoms with van der Waals surface area (Å²) in [7, 11) is -3.16. The molecule has 1 aliphatic heterocycles. The molecule has 1 aliphatic rings. The minimum atomic E-state index is -3.16. The van der Waals surface area contributed by atoms with Crippen molar-refractivity contribution < 1.29 is 8.42 Å². The van der Waals surface area contributed by atoms with Gasteiger partial charge < -0.3 is 0 Å². The summed E-state index contributed by atoms with van der Waals surface area (Å²) in [6.07, 6.45) is 0. The monoisotopic (exact) mass is 251 g/mol. The maximum Gasteiger partial charge on any atom is 0.264 e. The van der Waals surface area contributed by atoms with Crippen molar-refractivity contribution in [2.45, 2.75) is 4.21 Å². The van der Waals surface area contributed by atoms with Crippen molar-refractivity contribution in [3.8, 4) is 0 Å². The molecule has 0 aliphatic carbocycles. The van der Waals surface area contributed by atoms with E-state index < -0.39 is 10.0 Å². The Morgan fingerprint density at radius 1 is 1.54 bits per heavy atom. The van der Waals surface area contributed by atoms with Crippen LogP contribution in [-0.4, -0.2) is 17.9 Å². The van der Waals surface area contributed by atoms with Crippen molar-refractivity contribution in [1.82, 2.24) is 0 Å². The Balaban J connectivity index is 2.14. The molecule has 0 amide bonds. The van der Waals surface area contributed by atoms with Crippen molar-refractivity contribution in [2.75, 3.05) is 5.08 Å². The highest BCUT2D eigenvalue weighted by Crippen LogP contribution is 2.34. The lowest BCUT2D eigenvalue weighted by Gasteiger charge is -1.91. The molecule has 3 nitrogen and oxygen atoms in total. The molecule has 0 saturated heterocycles. The lowest BCUT2D eigenvalue weighted by molar-refractivity contribution is 0.603. The molecule has 0 unspecified atom stereocenters. The fourth-order valence-corrected chi connectivity index (χ4v) is 5.68. The second-order valence-corrected chi connectivity index (χ2v) is 7.70. The van der Waals surface area contributed by atoms with Gasteiger partial charge in [-0.3, -0.25) is 0 Å². The summed E-state index contributed by atoms with van der Waals surface area (Å²) in [6, 6.07) is 3.88. The Morgan fingerprint density at radius 2 is 2.38 bits per heavy atom. The zero-order valence-electron chi connectivity index (χ0n) is 6.34. The SMILES string of the molecule is O=S1(=O)CSC(Sc2cccs2)=N1. The Bertz CT molecular complexity index is 419. The van der Waals surface area contributed by atoms with E-state index in [-0.39, 0.29) is 5.08 Å². The molecule has 0 N–H and O–H groups in total. The highest BCUT2D eigenvalue weighted by atomic mass is 32.3. The molecular weight excluding hydrogens is 246 g/mol. The summed E-state index contributed by atoms with van der Waals surface area (Å²) in [5, 5.41) is 2.04.